The number of Topliss-reactive ketones (excluding diaryl/α,β-unsaturated/α-hetero) is 1. The maximum Gasteiger partial charge on any atom is 0.326 e. The number of aliphatic carboxylic acids is 1. The Bertz CT molecular complexity index is 676. The first-order chi connectivity index (χ1) is 11.1. The number of carboxylic acid groups (broad SMARTS) is 1. The van der Waals surface area contributed by atoms with E-state index in [4.69, 9.17) is 4.74 Å². The molecule has 0 spiro atoms. The van der Waals surface area contributed by atoms with Crippen LogP contribution in [0, 0.1) is 16.6 Å². The fourth-order valence-electron chi connectivity index (χ4n) is 1.83. The summed E-state index contributed by atoms with van der Waals surface area (Å²) in [5, 5.41) is 11.7. The summed E-state index contributed by atoms with van der Waals surface area (Å²) in [5.41, 5.74) is 0.344. The minimum absolute atomic E-state index is 0.215. The van der Waals surface area contributed by atoms with E-state index in [1.807, 2.05) is 45.2 Å². The normalized spacial score (nSPS) is 12.0. The molecule has 0 saturated carbocycles. The molecule has 1 atom stereocenters. The van der Waals surface area contributed by atoms with E-state index in [1.165, 1.54) is 7.11 Å². The van der Waals surface area contributed by atoms with E-state index in [-0.39, 0.29) is 18.1 Å². The van der Waals surface area contributed by atoms with Gasteiger partial charge in [0.1, 0.15) is 17.6 Å². The molecular weight excluding hydrogens is 655 g/mol. The van der Waals surface area contributed by atoms with Crippen molar-refractivity contribution in [3.8, 4) is 5.75 Å². The molecule has 1 aromatic carbocycles. The Hall–Kier alpha value is -0.180. The molecule has 1 rings (SSSR count). The molecule has 0 aliphatic carbocycles. The Kier molecular flexibility index (Phi) is 8.65. The van der Waals surface area contributed by atoms with Gasteiger partial charge in [0.2, 0.25) is 0 Å². The molecule has 1 unspecified atom stereocenters. The van der Waals surface area contributed by atoms with Gasteiger partial charge in [-0.25, -0.2) is 4.79 Å². The van der Waals surface area contributed by atoms with E-state index in [0.29, 0.717) is 18.5 Å². The summed E-state index contributed by atoms with van der Waals surface area (Å²) in [7, 11) is 1.51. The van der Waals surface area contributed by atoms with Crippen molar-refractivity contribution in [2.45, 2.75) is 26.3 Å². The maximum absolute atomic E-state index is 12.6. The van der Waals surface area contributed by atoms with Crippen LogP contribution in [-0.2, 0) is 9.59 Å². The lowest BCUT2D eigenvalue weighted by molar-refractivity contribution is -0.141. The molecule has 0 saturated heterocycles. The predicted molar refractivity (Wildman–Crippen MR) is 114 cm³/mol. The van der Waals surface area contributed by atoms with Gasteiger partial charge in [-0.1, -0.05) is 13.8 Å². The van der Waals surface area contributed by atoms with Gasteiger partial charge >= 0.3 is 5.97 Å². The van der Waals surface area contributed by atoms with Gasteiger partial charge in [0.15, 0.2) is 0 Å². The second-order valence-electron chi connectivity index (χ2n) is 5.25. The molecule has 24 heavy (non-hydrogen) atoms. The lowest BCUT2D eigenvalue weighted by Gasteiger charge is -2.17. The van der Waals surface area contributed by atoms with Gasteiger partial charge < -0.3 is 15.2 Å². The highest BCUT2D eigenvalue weighted by Gasteiger charge is 2.27. The van der Waals surface area contributed by atoms with E-state index < -0.39 is 17.9 Å². The summed E-state index contributed by atoms with van der Waals surface area (Å²) in [4.78, 5) is 35.8. The van der Waals surface area contributed by atoms with Crippen molar-refractivity contribution in [1.29, 1.82) is 0 Å². The highest BCUT2D eigenvalue weighted by Crippen LogP contribution is 2.33. The van der Waals surface area contributed by atoms with Crippen LogP contribution < -0.4 is 10.1 Å². The van der Waals surface area contributed by atoms with Crippen molar-refractivity contribution in [3.05, 3.63) is 22.3 Å². The van der Waals surface area contributed by atoms with Crippen molar-refractivity contribution in [3.63, 3.8) is 0 Å². The summed E-state index contributed by atoms with van der Waals surface area (Å²) in [5.74, 6) is -1.72. The summed E-state index contributed by atoms with van der Waals surface area (Å²) < 4.78 is 7.43. The fourth-order valence-corrected chi connectivity index (χ4v) is 6.14. The minimum atomic E-state index is -1.26. The number of halogens is 3. The molecule has 6 nitrogen and oxygen atoms in total. The number of rotatable bonds is 7. The third kappa shape index (κ3) is 5.41. The number of hydrogen-bond acceptors (Lipinski definition) is 4. The molecule has 0 radical (unpaired) electrons. The number of hydrogen-bond donors (Lipinski definition) is 2. The molecule has 0 aromatic heterocycles. The fraction of sp³-hybridized carbons (Fsp3) is 0.400. The summed E-state index contributed by atoms with van der Waals surface area (Å²) in [6, 6.07) is 0.524. The van der Waals surface area contributed by atoms with Crippen LogP contribution in [0.3, 0.4) is 0 Å². The first kappa shape index (κ1) is 21.9. The van der Waals surface area contributed by atoms with E-state index in [1.54, 1.807) is 19.9 Å². The monoisotopic (exact) mass is 671 g/mol. The maximum atomic E-state index is 12.6. The quantitative estimate of drug-likeness (QED) is 0.435. The molecule has 132 valence electrons. The Morgan fingerprint density at radius 2 is 1.79 bits per heavy atom. The van der Waals surface area contributed by atoms with Gasteiger partial charge in [0.25, 0.3) is 5.91 Å². The number of methoxy groups -OCH3 is 1. The highest BCUT2D eigenvalue weighted by molar-refractivity contribution is 14.1. The molecule has 9 heteroatoms. The van der Waals surface area contributed by atoms with Gasteiger partial charge in [-0.05, 0) is 73.8 Å². The van der Waals surface area contributed by atoms with Gasteiger partial charge in [-0.2, -0.15) is 0 Å². The Balaban J connectivity index is 3.13. The number of amides is 1. The van der Waals surface area contributed by atoms with Gasteiger partial charge in [-0.3, -0.25) is 9.59 Å². The van der Waals surface area contributed by atoms with Crippen LogP contribution in [0.4, 0.5) is 0 Å². The molecule has 1 aromatic rings. The highest BCUT2D eigenvalue weighted by atomic mass is 127. The molecule has 0 fully saturated rings. The smallest absolute Gasteiger partial charge is 0.326 e. The third-order valence-corrected chi connectivity index (χ3v) is 5.89. The van der Waals surface area contributed by atoms with Crippen LogP contribution in [0.5, 0.6) is 5.75 Å². The largest absolute Gasteiger partial charge is 0.495 e. The molecule has 0 aliphatic rings. The van der Waals surface area contributed by atoms with Crippen LogP contribution >= 0.6 is 67.8 Å². The average Bonchev–Trinajstić information content (AvgIpc) is 2.45. The first-order valence-electron chi connectivity index (χ1n) is 6.88. The second-order valence-corrected chi connectivity index (χ2v) is 8.65. The molecule has 0 aliphatic heterocycles. The van der Waals surface area contributed by atoms with Gasteiger partial charge in [-0.15, -0.1) is 0 Å². The zero-order valence-corrected chi connectivity index (χ0v) is 19.6. The van der Waals surface area contributed by atoms with Crippen LogP contribution in [-0.4, -0.2) is 35.9 Å². The van der Waals surface area contributed by atoms with Crippen molar-refractivity contribution in [2.75, 3.05) is 7.11 Å². The van der Waals surface area contributed by atoms with E-state index in [0.717, 1.165) is 3.57 Å². The number of nitrogens with one attached hydrogen (secondary N) is 1. The van der Waals surface area contributed by atoms with Crippen LogP contribution in [0.1, 0.15) is 30.6 Å². The van der Waals surface area contributed by atoms with Crippen molar-refractivity contribution >= 4 is 85.4 Å². The van der Waals surface area contributed by atoms with Gasteiger partial charge in [0, 0.05) is 15.9 Å². The average molecular weight is 671 g/mol. The van der Waals surface area contributed by atoms with Crippen molar-refractivity contribution in [1.82, 2.24) is 5.32 Å². The summed E-state index contributed by atoms with van der Waals surface area (Å²) in [6.07, 6.45) is -0.243. The molecule has 1 amide bonds. The third-order valence-electron chi connectivity index (χ3n) is 3.21. The lowest BCUT2D eigenvalue weighted by Crippen LogP contribution is -2.43. The zero-order valence-electron chi connectivity index (χ0n) is 13.2. The van der Waals surface area contributed by atoms with Crippen LogP contribution in [0.15, 0.2) is 6.07 Å². The molecular formula is C15H16I3NO5. The lowest BCUT2D eigenvalue weighted by atomic mass is 10.0. The first-order valence-corrected chi connectivity index (χ1v) is 10.1. The van der Waals surface area contributed by atoms with E-state index >= 15 is 0 Å². The van der Waals surface area contributed by atoms with Gasteiger partial charge in [0.05, 0.1) is 19.8 Å². The summed E-state index contributed by atoms with van der Waals surface area (Å²) >= 11 is 6.12. The van der Waals surface area contributed by atoms with Crippen LogP contribution in [0.2, 0.25) is 0 Å². The number of carbonyl (C=O) groups is 3. The predicted octanol–water partition coefficient (Wildman–Crippen LogP) is 3.31. The Morgan fingerprint density at radius 3 is 2.25 bits per heavy atom. The SMILES string of the molecule is COc1c(I)cc(I)c(C(=O)NC(CC(=O)C(C)C)C(=O)O)c1I. The van der Waals surface area contributed by atoms with E-state index in [9.17, 15) is 19.5 Å². The van der Waals surface area contributed by atoms with Crippen LogP contribution in [0.25, 0.3) is 0 Å². The standard InChI is InChI=1S/C15H16I3NO5/c1-6(2)10(20)5-9(15(22)23)19-14(21)11-7(16)4-8(17)13(24-3)12(11)18/h4,6,9H,5H2,1-3H3,(H,19,21)(H,22,23). The molecule has 2 N–H and O–H groups in total. The Morgan fingerprint density at radius 1 is 1.21 bits per heavy atom. The number of ketones is 1. The molecule has 0 heterocycles. The topological polar surface area (TPSA) is 92.7 Å². The van der Waals surface area contributed by atoms with Crippen molar-refractivity contribution < 1.29 is 24.2 Å². The second kappa shape index (κ2) is 9.50. The Labute approximate surface area is 180 Å². The number of carbonyl (C=O) groups excluding carboxylic acids is 2. The molecule has 0 bridgehead atoms. The zero-order chi connectivity index (χ0) is 18.6. The summed E-state index contributed by atoms with van der Waals surface area (Å²) in [6.45, 7) is 3.39. The number of carboxylic acids is 1. The number of benzene rings is 1. The van der Waals surface area contributed by atoms with E-state index in [2.05, 4.69) is 27.9 Å². The van der Waals surface area contributed by atoms with Crippen molar-refractivity contribution in [2.24, 2.45) is 5.92 Å². The number of ether oxygens (including phenoxy) is 1. The minimum Gasteiger partial charge on any atom is -0.495 e.